The van der Waals surface area contributed by atoms with Gasteiger partial charge in [-0.3, -0.25) is 20.4 Å². The van der Waals surface area contributed by atoms with Gasteiger partial charge in [-0.2, -0.15) is 0 Å². The van der Waals surface area contributed by atoms with Crippen molar-refractivity contribution >= 4 is 23.6 Å². The number of rotatable bonds is 5. The summed E-state index contributed by atoms with van der Waals surface area (Å²) in [5.74, 6) is -1.05. The molecule has 0 bridgehead atoms. The number of nitrogens with one attached hydrogen (secondary N) is 2. The van der Waals surface area contributed by atoms with Crippen LogP contribution >= 0.6 is 11.8 Å². The molecule has 0 fully saturated rings. The van der Waals surface area contributed by atoms with E-state index < -0.39 is 5.91 Å². The summed E-state index contributed by atoms with van der Waals surface area (Å²) in [7, 11) is 0. The minimum absolute atomic E-state index is 0.0196. The third-order valence-corrected chi connectivity index (χ3v) is 4.07. The van der Waals surface area contributed by atoms with Crippen molar-refractivity contribution in [2.24, 2.45) is 0 Å². The smallest absolute Gasteiger partial charge is 0.248 e. The van der Waals surface area contributed by atoms with Crippen LogP contribution in [0, 0.1) is 12.7 Å². The van der Waals surface area contributed by atoms with E-state index in [0.717, 1.165) is 22.9 Å². The average Bonchev–Trinajstić information content (AvgIpc) is 2.54. The van der Waals surface area contributed by atoms with Crippen molar-refractivity contribution in [3.05, 3.63) is 65.5 Å². The second kappa shape index (κ2) is 8.33. The third-order valence-electron chi connectivity index (χ3n) is 3.02. The number of carbonyl (C=O) groups excluding carboxylic acids is 2. The lowest BCUT2D eigenvalue weighted by molar-refractivity contribution is -0.127. The lowest BCUT2D eigenvalue weighted by Crippen LogP contribution is -2.43. The molecular weight excluding hydrogens is 315 g/mol. The Kier molecular flexibility index (Phi) is 6.17. The standard InChI is InChI=1S/C17H17FN2O2S/c1-12-6-8-13(9-7-12)10-16(21)19-20-17(22)11-23-15-5-3-2-4-14(15)18/h2-9H,10-11H2,1H3,(H,19,21)(H,20,22). The van der Waals surface area contributed by atoms with Gasteiger partial charge in [-0.05, 0) is 24.6 Å². The Morgan fingerprint density at radius 1 is 1.00 bits per heavy atom. The molecular formula is C17H17FN2O2S. The zero-order chi connectivity index (χ0) is 16.7. The quantitative estimate of drug-likeness (QED) is 0.654. The number of hydrogen-bond acceptors (Lipinski definition) is 3. The topological polar surface area (TPSA) is 58.2 Å². The van der Waals surface area contributed by atoms with Gasteiger partial charge >= 0.3 is 0 Å². The zero-order valence-corrected chi connectivity index (χ0v) is 13.5. The van der Waals surface area contributed by atoms with Crippen LogP contribution < -0.4 is 10.9 Å². The molecule has 4 nitrogen and oxygen atoms in total. The fraction of sp³-hybridized carbons (Fsp3) is 0.176. The van der Waals surface area contributed by atoms with Gasteiger partial charge in [0.05, 0.1) is 12.2 Å². The van der Waals surface area contributed by atoms with Crippen LogP contribution in [-0.4, -0.2) is 17.6 Å². The summed E-state index contributed by atoms with van der Waals surface area (Å²) in [6, 6.07) is 13.8. The van der Waals surface area contributed by atoms with Gasteiger partial charge in [0.25, 0.3) is 0 Å². The number of benzene rings is 2. The highest BCUT2D eigenvalue weighted by atomic mass is 32.2. The highest BCUT2D eigenvalue weighted by Crippen LogP contribution is 2.20. The van der Waals surface area contributed by atoms with Gasteiger partial charge in [0.15, 0.2) is 0 Å². The maximum absolute atomic E-state index is 13.4. The Morgan fingerprint density at radius 3 is 2.35 bits per heavy atom. The largest absolute Gasteiger partial charge is 0.273 e. The molecule has 2 aromatic rings. The average molecular weight is 332 g/mol. The second-order valence-corrected chi connectivity index (χ2v) is 6.00. The lowest BCUT2D eigenvalue weighted by atomic mass is 10.1. The van der Waals surface area contributed by atoms with E-state index in [1.165, 1.54) is 6.07 Å². The van der Waals surface area contributed by atoms with E-state index in [2.05, 4.69) is 10.9 Å². The molecule has 2 amide bonds. The van der Waals surface area contributed by atoms with E-state index in [1.54, 1.807) is 18.2 Å². The van der Waals surface area contributed by atoms with Gasteiger partial charge in [-0.15, -0.1) is 11.8 Å². The first-order chi connectivity index (χ1) is 11.0. The van der Waals surface area contributed by atoms with E-state index >= 15 is 0 Å². The molecule has 2 N–H and O–H groups in total. The van der Waals surface area contributed by atoms with Crippen LogP contribution in [0.4, 0.5) is 4.39 Å². The van der Waals surface area contributed by atoms with Crippen molar-refractivity contribution in [2.45, 2.75) is 18.2 Å². The summed E-state index contributed by atoms with van der Waals surface area (Å²) in [5, 5.41) is 0. The van der Waals surface area contributed by atoms with E-state index in [-0.39, 0.29) is 23.9 Å². The predicted molar refractivity (Wildman–Crippen MR) is 88.3 cm³/mol. The van der Waals surface area contributed by atoms with Gasteiger partial charge in [0, 0.05) is 4.90 Å². The number of thioether (sulfide) groups is 1. The summed E-state index contributed by atoms with van der Waals surface area (Å²) in [5.41, 5.74) is 6.66. The molecule has 0 radical (unpaired) electrons. The fourth-order valence-corrected chi connectivity index (χ4v) is 2.56. The summed E-state index contributed by atoms with van der Waals surface area (Å²) >= 11 is 1.07. The van der Waals surface area contributed by atoms with E-state index in [0.29, 0.717) is 4.90 Å². The van der Waals surface area contributed by atoms with Crippen LogP contribution in [-0.2, 0) is 16.0 Å². The number of hydrazine groups is 1. The molecule has 23 heavy (non-hydrogen) atoms. The summed E-state index contributed by atoms with van der Waals surface area (Å²) in [4.78, 5) is 23.8. The minimum atomic E-state index is -0.393. The highest BCUT2D eigenvalue weighted by Gasteiger charge is 2.08. The monoisotopic (exact) mass is 332 g/mol. The fourth-order valence-electron chi connectivity index (χ4n) is 1.82. The Hall–Kier alpha value is -2.34. The van der Waals surface area contributed by atoms with Crippen LogP contribution in [0.25, 0.3) is 0 Å². The van der Waals surface area contributed by atoms with Crippen molar-refractivity contribution in [3.63, 3.8) is 0 Å². The van der Waals surface area contributed by atoms with Crippen LogP contribution in [0.1, 0.15) is 11.1 Å². The molecule has 0 atom stereocenters. The van der Waals surface area contributed by atoms with Crippen LogP contribution in [0.3, 0.4) is 0 Å². The molecule has 120 valence electrons. The van der Waals surface area contributed by atoms with Crippen LogP contribution in [0.15, 0.2) is 53.4 Å². The Bertz CT molecular complexity index is 689. The molecule has 0 aromatic heterocycles. The first kappa shape index (κ1) is 17.0. The van der Waals surface area contributed by atoms with Gasteiger partial charge in [-0.1, -0.05) is 42.0 Å². The summed E-state index contributed by atoms with van der Waals surface area (Å²) in [6.07, 6.45) is 0.182. The molecule has 0 aliphatic rings. The van der Waals surface area contributed by atoms with E-state index in [1.807, 2.05) is 31.2 Å². The molecule has 0 spiro atoms. The van der Waals surface area contributed by atoms with E-state index in [4.69, 9.17) is 0 Å². The van der Waals surface area contributed by atoms with Crippen molar-refractivity contribution in [1.82, 2.24) is 10.9 Å². The maximum Gasteiger partial charge on any atom is 0.248 e. The third kappa shape index (κ3) is 5.75. The van der Waals surface area contributed by atoms with Gasteiger partial charge in [0.2, 0.25) is 11.8 Å². The summed E-state index contributed by atoms with van der Waals surface area (Å²) < 4.78 is 13.4. The molecule has 0 heterocycles. The van der Waals surface area contributed by atoms with Crippen molar-refractivity contribution in [1.29, 1.82) is 0 Å². The van der Waals surface area contributed by atoms with Crippen LogP contribution in [0.2, 0.25) is 0 Å². The SMILES string of the molecule is Cc1ccc(CC(=O)NNC(=O)CSc2ccccc2F)cc1. The lowest BCUT2D eigenvalue weighted by Gasteiger charge is -2.08. The molecule has 0 saturated heterocycles. The van der Waals surface area contributed by atoms with Crippen molar-refractivity contribution in [2.75, 3.05) is 5.75 Å². The normalized spacial score (nSPS) is 10.2. The van der Waals surface area contributed by atoms with Crippen molar-refractivity contribution < 1.29 is 14.0 Å². The Balaban J connectivity index is 1.72. The number of amides is 2. The molecule has 2 aromatic carbocycles. The van der Waals surface area contributed by atoms with E-state index in [9.17, 15) is 14.0 Å². The van der Waals surface area contributed by atoms with Crippen LogP contribution in [0.5, 0.6) is 0 Å². The molecule has 0 unspecified atom stereocenters. The number of hydrogen-bond donors (Lipinski definition) is 2. The number of halogens is 1. The molecule has 0 aliphatic heterocycles. The van der Waals surface area contributed by atoms with Gasteiger partial charge in [0.1, 0.15) is 5.82 Å². The molecule has 0 saturated carbocycles. The molecule has 2 rings (SSSR count). The zero-order valence-electron chi connectivity index (χ0n) is 12.6. The Labute approximate surface area is 138 Å². The first-order valence-electron chi connectivity index (χ1n) is 7.05. The minimum Gasteiger partial charge on any atom is -0.273 e. The van der Waals surface area contributed by atoms with Gasteiger partial charge in [-0.25, -0.2) is 4.39 Å². The molecule has 6 heteroatoms. The van der Waals surface area contributed by atoms with Crippen molar-refractivity contribution in [3.8, 4) is 0 Å². The summed E-state index contributed by atoms with van der Waals surface area (Å²) in [6.45, 7) is 1.97. The Morgan fingerprint density at radius 2 is 1.65 bits per heavy atom. The molecule has 0 aliphatic carbocycles. The van der Waals surface area contributed by atoms with Gasteiger partial charge < -0.3 is 0 Å². The highest BCUT2D eigenvalue weighted by molar-refractivity contribution is 8.00. The number of aryl methyl sites for hydroxylation is 1. The predicted octanol–water partition coefficient (Wildman–Crippen LogP) is 2.62. The number of carbonyl (C=O) groups is 2. The maximum atomic E-state index is 13.4. The first-order valence-corrected chi connectivity index (χ1v) is 8.04. The second-order valence-electron chi connectivity index (χ2n) is 4.98.